The first-order valence-corrected chi connectivity index (χ1v) is 5.93. The van der Waals surface area contributed by atoms with Crippen molar-refractivity contribution in [2.45, 2.75) is 6.92 Å². The van der Waals surface area contributed by atoms with Crippen molar-refractivity contribution in [2.75, 3.05) is 7.11 Å². The molecule has 0 aliphatic carbocycles. The fourth-order valence-electron chi connectivity index (χ4n) is 1.74. The number of para-hydroxylation sites is 1. The van der Waals surface area contributed by atoms with E-state index in [1.165, 1.54) is 5.56 Å². The Morgan fingerprint density at radius 1 is 1.00 bits per heavy atom. The lowest BCUT2D eigenvalue weighted by Crippen LogP contribution is -1.85. The molecule has 0 atom stereocenters. The number of ether oxygens (including phenoxy) is 1. The zero-order valence-corrected chi connectivity index (χ0v) is 10.7. The number of hydrogen-bond donors (Lipinski definition) is 0. The normalized spacial score (nSPS) is 9.44. The number of rotatable bonds is 3. The van der Waals surface area contributed by atoms with E-state index in [1.54, 1.807) is 7.11 Å². The molecular weight excluding hydrogens is 220 g/mol. The standard InChI is InChI=1S/C17H16O/c1-14(15-8-4-3-5-9-15)12-13-16-10-6-7-11-17(16)18-2/h3-11,13H,1-2H3. The molecule has 2 aromatic rings. The van der Waals surface area contributed by atoms with Gasteiger partial charge >= 0.3 is 0 Å². The van der Waals surface area contributed by atoms with Gasteiger partial charge in [0.05, 0.1) is 7.11 Å². The van der Waals surface area contributed by atoms with Crippen LogP contribution in [0.25, 0.3) is 11.6 Å². The molecular formula is C17H16O. The maximum absolute atomic E-state index is 5.30. The molecule has 0 unspecified atom stereocenters. The smallest absolute Gasteiger partial charge is 0.126 e. The first-order valence-electron chi connectivity index (χ1n) is 5.93. The number of hydrogen-bond acceptors (Lipinski definition) is 1. The highest BCUT2D eigenvalue weighted by Gasteiger charge is 1.96. The Kier molecular flexibility index (Phi) is 4.01. The molecule has 0 bridgehead atoms. The molecule has 90 valence electrons. The summed E-state index contributed by atoms with van der Waals surface area (Å²) in [6, 6.07) is 18.2. The van der Waals surface area contributed by atoms with Gasteiger partial charge in [-0.2, -0.15) is 0 Å². The van der Waals surface area contributed by atoms with Gasteiger partial charge in [0, 0.05) is 5.56 Å². The highest BCUT2D eigenvalue weighted by atomic mass is 16.5. The van der Waals surface area contributed by atoms with Gasteiger partial charge in [-0.05, 0) is 30.2 Å². The second-order valence-corrected chi connectivity index (χ2v) is 4.02. The van der Waals surface area contributed by atoms with Crippen LogP contribution in [0.4, 0.5) is 0 Å². The molecule has 2 aromatic carbocycles. The van der Waals surface area contributed by atoms with Gasteiger partial charge in [0.15, 0.2) is 0 Å². The van der Waals surface area contributed by atoms with Crippen LogP contribution < -0.4 is 4.74 Å². The topological polar surface area (TPSA) is 9.23 Å². The average molecular weight is 236 g/mol. The fourth-order valence-corrected chi connectivity index (χ4v) is 1.74. The van der Waals surface area contributed by atoms with E-state index >= 15 is 0 Å². The zero-order chi connectivity index (χ0) is 12.8. The van der Waals surface area contributed by atoms with Gasteiger partial charge in [-0.3, -0.25) is 0 Å². The Bertz CT molecular complexity index is 576. The largest absolute Gasteiger partial charge is 0.496 e. The van der Waals surface area contributed by atoms with Crippen molar-refractivity contribution in [3.05, 3.63) is 71.5 Å². The first-order chi connectivity index (χ1) is 8.81. The Hall–Kier alpha value is -2.24. The van der Waals surface area contributed by atoms with E-state index in [1.807, 2.05) is 48.5 Å². The summed E-state index contributed by atoms with van der Waals surface area (Å²) in [4.78, 5) is 0. The second-order valence-electron chi connectivity index (χ2n) is 4.02. The number of methoxy groups -OCH3 is 1. The summed E-state index contributed by atoms with van der Waals surface area (Å²) in [5, 5.41) is 0. The summed E-state index contributed by atoms with van der Waals surface area (Å²) in [6.45, 7) is 2.06. The van der Waals surface area contributed by atoms with E-state index in [-0.39, 0.29) is 0 Å². The predicted octanol–water partition coefficient (Wildman–Crippen LogP) is 4.41. The summed E-state index contributed by atoms with van der Waals surface area (Å²) in [6.07, 6.45) is 1.96. The van der Waals surface area contributed by atoms with Crippen LogP contribution in [0.15, 0.2) is 60.3 Å². The molecule has 0 aromatic heterocycles. The highest BCUT2D eigenvalue weighted by molar-refractivity contribution is 5.68. The first kappa shape index (κ1) is 12.2. The van der Waals surface area contributed by atoms with Gasteiger partial charge < -0.3 is 4.74 Å². The lowest BCUT2D eigenvalue weighted by atomic mass is 10.1. The van der Waals surface area contributed by atoms with Crippen molar-refractivity contribution in [1.29, 1.82) is 0 Å². The minimum atomic E-state index is 0.867. The Labute approximate surface area is 108 Å². The Morgan fingerprint density at radius 3 is 2.39 bits per heavy atom. The maximum Gasteiger partial charge on any atom is 0.126 e. The van der Waals surface area contributed by atoms with Crippen molar-refractivity contribution in [2.24, 2.45) is 0 Å². The van der Waals surface area contributed by atoms with Crippen LogP contribution in [0.3, 0.4) is 0 Å². The van der Waals surface area contributed by atoms with Crippen molar-refractivity contribution < 1.29 is 4.74 Å². The molecule has 0 aliphatic rings. The van der Waals surface area contributed by atoms with E-state index in [4.69, 9.17) is 4.74 Å². The van der Waals surface area contributed by atoms with Crippen molar-refractivity contribution in [3.63, 3.8) is 0 Å². The molecule has 0 aliphatic heterocycles. The van der Waals surface area contributed by atoms with Gasteiger partial charge in [0.25, 0.3) is 0 Å². The average Bonchev–Trinajstić information content (AvgIpc) is 2.46. The van der Waals surface area contributed by atoms with Crippen molar-refractivity contribution in [3.8, 4) is 5.75 Å². The molecule has 0 saturated heterocycles. The van der Waals surface area contributed by atoms with Crippen LogP contribution in [-0.4, -0.2) is 7.11 Å². The fraction of sp³-hybridized carbons (Fsp3) is 0.118. The monoisotopic (exact) mass is 236 g/mol. The predicted molar refractivity (Wildman–Crippen MR) is 76.5 cm³/mol. The SMILES string of the molecule is COc1ccccc1C=C=C(C)c1ccccc1. The van der Waals surface area contributed by atoms with Crippen LogP contribution in [0.1, 0.15) is 18.1 Å². The summed E-state index contributed by atoms with van der Waals surface area (Å²) in [5.74, 6) is 0.867. The summed E-state index contributed by atoms with van der Waals surface area (Å²) >= 11 is 0. The van der Waals surface area contributed by atoms with Crippen LogP contribution in [0.2, 0.25) is 0 Å². The lowest BCUT2D eigenvalue weighted by Gasteiger charge is -2.02. The molecule has 0 radical (unpaired) electrons. The molecule has 0 spiro atoms. The van der Waals surface area contributed by atoms with E-state index in [2.05, 4.69) is 24.8 Å². The number of benzene rings is 2. The molecule has 0 heterocycles. The van der Waals surface area contributed by atoms with E-state index < -0.39 is 0 Å². The zero-order valence-electron chi connectivity index (χ0n) is 10.7. The van der Waals surface area contributed by atoms with Crippen LogP contribution in [0, 0.1) is 0 Å². The molecule has 18 heavy (non-hydrogen) atoms. The summed E-state index contributed by atoms with van der Waals surface area (Å²) in [7, 11) is 1.68. The number of allylic oxidation sites excluding steroid dienone is 1. The van der Waals surface area contributed by atoms with Crippen LogP contribution in [0.5, 0.6) is 5.75 Å². The molecule has 1 heteroatoms. The maximum atomic E-state index is 5.30. The lowest BCUT2D eigenvalue weighted by molar-refractivity contribution is 0.414. The minimum absolute atomic E-state index is 0.867. The third kappa shape index (κ3) is 2.91. The van der Waals surface area contributed by atoms with Crippen molar-refractivity contribution in [1.82, 2.24) is 0 Å². The molecule has 2 rings (SSSR count). The molecule has 0 fully saturated rings. The third-order valence-electron chi connectivity index (χ3n) is 2.79. The van der Waals surface area contributed by atoms with Gasteiger partial charge in [0.2, 0.25) is 0 Å². The second kappa shape index (κ2) is 5.90. The van der Waals surface area contributed by atoms with Crippen LogP contribution in [-0.2, 0) is 0 Å². The Balaban J connectivity index is 2.35. The van der Waals surface area contributed by atoms with Crippen LogP contribution >= 0.6 is 0 Å². The Morgan fingerprint density at radius 2 is 1.67 bits per heavy atom. The quantitative estimate of drug-likeness (QED) is 0.717. The molecule has 0 N–H and O–H groups in total. The van der Waals surface area contributed by atoms with Crippen molar-refractivity contribution >= 4 is 11.6 Å². The van der Waals surface area contributed by atoms with E-state index in [0.717, 1.165) is 16.9 Å². The molecule has 1 nitrogen and oxygen atoms in total. The highest BCUT2D eigenvalue weighted by Crippen LogP contribution is 2.19. The van der Waals surface area contributed by atoms with Gasteiger partial charge in [0.1, 0.15) is 5.75 Å². The minimum Gasteiger partial charge on any atom is -0.496 e. The van der Waals surface area contributed by atoms with Gasteiger partial charge in [-0.25, -0.2) is 0 Å². The molecule has 0 amide bonds. The molecule has 0 saturated carbocycles. The van der Waals surface area contributed by atoms with E-state index in [9.17, 15) is 0 Å². The van der Waals surface area contributed by atoms with Gasteiger partial charge in [-0.1, -0.05) is 48.5 Å². The summed E-state index contributed by atoms with van der Waals surface area (Å²) < 4.78 is 5.30. The van der Waals surface area contributed by atoms with Gasteiger partial charge in [-0.15, -0.1) is 5.73 Å². The summed E-state index contributed by atoms with van der Waals surface area (Å²) in [5.41, 5.74) is 6.64. The van der Waals surface area contributed by atoms with E-state index in [0.29, 0.717) is 0 Å². The third-order valence-corrected chi connectivity index (χ3v) is 2.79.